The third-order valence-electron chi connectivity index (χ3n) is 3.03. The maximum absolute atomic E-state index is 5.38. The van der Waals surface area contributed by atoms with Crippen molar-refractivity contribution < 1.29 is 0 Å². The Bertz CT molecular complexity index is 801. The van der Waals surface area contributed by atoms with E-state index in [0.29, 0.717) is 4.77 Å². The average molecular weight is 339 g/mol. The van der Waals surface area contributed by atoms with Crippen molar-refractivity contribution in [1.29, 1.82) is 0 Å². The van der Waals surface area contributed by atoms with Gasteiger partial charge in [-0.2, -0.15) is 0 Å². The molecule has 0 spiro atoms. The minimum atomic E-state index is -0.0394. The number of H-pyrrole nitrogens is 1. The van der Waals surface area contributed by atoms with Gasteiger partial charge in [-0.1, -0.05) is 0 Å². The highest BCUT2D eigenvalue weighted by atomic mass is 79.9. The van der Waals surface area contributed by atoms with Crippen molar-refractivity contribution in [2.75, 3.05) is 0 Å². The van der Waals surface area contributed by atoms with Crippen molar-refractivity contribution in [2.45, 2.75) is 13.0 Å². The van der Waals surface area contributed by atoms with Crippen LogP contribution in [0.1, 0.15) is 18.8 Å². The monoisotopic (exact) mass is 338 g/mol. The number of rotatable bonds is 2. The summed E-state index contributed by atoms with van der Waals surface area (Å²) in [5.41, 5.74) is 1.71. The highest BCUT2D eigenvalue weighted by Gasteiger charge is 2.18. The van der Waals surface area contributed by atoms with Gasteiger partial charge in [-0.3, -0.25) is 4.57 Å². The van der Waals surface area contributed by atoms with E-state index < -0.39 is 0 Å². The molecule has 0 aliphatic rings. The van der Waals surface area contributed by atoms with Gasteiger partial charge in [0, 0.05) is 17.7 Å². The van der Waals surface area contributed by atoms with E-state index in [0.717, 1.165) is 21.5 Å². The smallest absolute Gasteiger partial charge is 0.179 e. The van der Waals surface area contributed by atoms with Crippen molar-refractivity contribution in [1.82, 2.24) is 29.3 Å². The number of pyridine rings is 1. The van der Waals surface area contributed by atoms with Gasteiger partial charge in [0.1, 0.15) is 6.33 Å². The molecule has 0 fully saturated rings. The zero-order chi connectivity index (χ0) is 13.6. The molecule has 0 saturated carbocycles. The van der Waals surface area contributed by atoms with Crippen LogP contribution in [-0.4, -0.2) is 29.3 Å². The molecule has 0 aliphatic carbocycles. The van der Waals surface area contributed by atoms with Gasteiger partial charge in [-0.15, -0.1) is 10.2 Å². The minimum absolute atomic E-state index is 0.0394. The van der Waals surface area contributed by atoms with Crippen LogP contribution >= 0.6 is 28.1 Å². The Labute approximate surface area is 122 Å². The van der Waals surface area contributed by atoms with Crippen molar-refractivity contribution in [2.24, 2.45) is 7.05 Å². The van der Waals surface area contributed by atoms with Crippen LogP contribution in [0, 0.1) is 4.77 Å². The Kier molecular flexibility index (Phi) is 2.98. The topological polar surface area (TPSA) is 64.3 Å². The lowest BCUT2D eigenvalue weighted by atomic mass is 10.3. The summed E-state index contributed by atoms with van der Waals surface area (Å²) in [5.74, 6) is 0.835. The first-order chi connectivity index (χ1) is 9.08. The number of aromatic nitrogens is 6. The molecule has 0 amide bonds. The highest BCUT2D eigenvalue weighted by Crippen LogP contribution is 2.23. The summed E-state index contributed by atoms with van der Waals surface area (Å²) >= 11 is 8.79. The number of halogens is 1. The molecule has 0 aromatic carbocycles. The van der Waals surface area contributed by atoms with E-state index in [1.54, 1.807) is 12.5 Å². The molecule has 98 valence electrons. The summed E-state index contributed by atoms with van der Waals surface area (Å²) in [5, 5.41) is 8.04. The van der Waals surface area contributed by atoms with Crippen molar-refractivity contribution in [3.8, 4) is 0 Å². The van der Waals surface area contributed by atoms with Gasteiger partial charge in [0.2, 0.25) is 0 Å². The number of imidazole rings is 1. The lowest BCUT2D eigenvalue weighted by Crippen LogP contribution is -2.12. The van der Waals surface area contributed by atoms with Crippen molar-refractivity contribution in [3.05, 3.63) is 33.7 Å². The summed E-state index contributed by atoms with van der Waals surface area (Å²) in [7, 11) is 1.91. The lowest BCUT2D eigenvalue weighted by molar-refractivity contribution is 0.578. The summed E-state index contributed by atoms with van der Waals surface area (Å²) < 4.78 is 5.36. The molecule has 6 nitrogen and oxygen atoms in total. The van der Waals surface area contributed by atoms with E-state index in [4.69, 9.17) is 12.2 Å². The molecule has 0 bridgehead atoms. The lowest BCUT2D eigenvalue weighted by Gasteiger charge is -2.12. The Morgan fingerprint density at radius 1 is 1.47 bits per heavy atom. The second-order valence-electron chi connectivity index (χ2n) is 4.30. The largest absolute Gasteiger partial charge is 0.329 e. The molecular weight excluding hydrogens is 328 g/mol. The molecule has 1 N–H and O–H groups in total. The van der Waals surface area contributed by atoms with Gasteiger partial charge in [-0.25, -0.2) is 4.98 Å². The second kappa shape index (κ2) is 4.53. The third kappa shape index (κ3) is 2.00. The van der Waals surface area contributed by atoms with Gasteiger partial charge >= 0.3 is 0 Å². The summed E-state index contributed by atoms with van der Waals surface area (Å²) in [6, 6.07) is 1.92. The fraction of sp³-hybridized carbons (Fsp3) is 0.273. The number of nitrogens with one attached hydrogen (secondary N) is 1. The van der Waals surface area contributed by atoms with Crippen LogP contribution in [0.15, 0.2) is 23.1 Å². The molecule has 8 heteroatoms. The zero-order valence-corrected chi connectivity index (χ0v) is 12.7. The number of nitrogens with zero attached hydrogens (tertiary/aromatic N) is 5. The van der Waals surface area contributed by atoms with Crippen LogP contribution in [0.25, 0.3) is 11.2 Å². The zero-order valence-electron chi connectivity index (χ0n) is 10.3. The van der Waals surface area contributed by atoms with E-state index >= 15 is 0 Å². The number of hydrogen-bond donors (Lipinski definition) is 1. The third-order valence-corrected chi connectivity index (χ3v) is 3.76. The van der Waals surface area contributed by atoms with Gasteiger partial charge in [-0.05, 0) is 41.1 Å². The second-order valence-corrected chi connectivity index (χ2v) is 5.60. The van der Waals surface area contributed by atoms with Crippen LogP contribution < -0.4 is 0 Å². The maximum Gasteiger partial charge on any atom is 0.179 e. The van der Waals surface area contributed by atoms with E-state index in [9.17, 15) is 0 Å². The van der Waals surface area contributed by atoms with E-state index in [2.05, 4.69) is 36.1 Å². The van der Waals surface area contributed by atoms with Crippen LogP contribution in [0.5, 0.6) is 0 Å². The van der Waals surface area contributed by atoms with Gasteiger partial charge < -0.3 is 9.55 Å². The molecule has 19 heavy (non-hydrogen) atoms. The molecule has 3 aromatic heterocycles. The van der Waals surface area contributed by atoms with Crippen molar-refractivity contribution in [3.63, 3.8) is 0 Å². The normalized spacial score (nSPS) is 13.0. The van der Waals surface area contributed by atoms with Gasteiger partial charge in [0.05, 0.1) is 11.6 Å². The van der Waals surface area contributed by atoms with Crippen LogP contribution in [0.2, 0.25) is 0 Å². The van der Waals surface area contributed by atoms with Gasteiger partial charge in [0.15, 0.2) is 16.2 Å². The van der Waals surface area contributed by atoms with E-state index in [1.165, 1.54) is 0 Å². The summed E-state index contributed by atoms with van der Waals surface area (Å²) in [6.45, 7) is 2.02. The Morgan fingerprint density at radius 2 is 2.26 bits per heavy atom. The fourth-order valence-electron chi connectivity index (χ4n) is 2.13. The maximum atomic E-state index is 5.38. The van der Waals surface area contributed by atoms with Crippen LogP contribution in [0.3, 0.4) is 0 Å². The summed E-state index contributed by atoms with van der Waals surface area (Å²) in [4.78, 5) is 7.58. The number of aromatic amines is 1. The molecule has 1 unspecified atom stereocenters. The van der Waals surface area contributed by atoms with Crippen LogP contribution in [0.4, 0.5) is 0 Å². The average Bonchev–Trinajstić information content (AvgIpc) is 2.90. The SMILES string of the molecule is CC(c1nncn1C)n1c(=S)[nH]c2cc(Br)cnc21. The molecule has 3 heterocycles. The van der Waals surface area contributed by atoms with E-state index in [-0.39, 0.29) is 6.04 Å². The number of fused-ring (bicyclic) bond motifs is 1. The molecule has 0 aliphatic heterocycles. The van der Waals surface area contributed by atoms with Crippen LogP contribution in [-0.2, 0) is 7.05 Å². The quantitative estimate of drug-likeness (QED) is 0.729. The summed E-state index contributed by atoms with van der Waals surface area (Å²) in [6.07, 6.45) is 3.43. The Hall–Kier alpha value is -1.54. The first-order valence-electron chi connectivity index (χ1n) is 5.67. The molecule has 0 saturated heterocycles. The van der Waals surface area contributed by atoms with E-state index in [1.807, 2.05) is 29.2 Å². The number of aryl methyl sites for hydroxylation is 1. The molecule has 0 radical (unpaired) electrons. The first kappa shape index (κ1) is 12.5. The number of hydrogen-bond acceptors (Lipinski definition) is 4. The standard InChI is InChI=1S/C11H11BrN6S/c1-6(9-16-14-5-17(9)2)18-10-8(15-11(18)19)3-7(12)4-13-10/h3-6H,1-2H3,(H,15,19). The van der Waals surface area contributed by atoms with Gasteiger partial charge in [0.25, 0.3) is 0 Å². The minimum Gasteiger partial charge on any atom is -0.329 e. The predicted octanol–water partition coefficient (Wildman–Crippen LogP) is 2.59. The van der Waals surface area contributed by atoms with Crippen molar-refractivity contribution >= 4 is 39.3 Å². The predicted molar refractivity (Wildman–Crippen MR) is 77.4 cm³/mol. The highest BCUT2D eigenvalue weighted by molar-refractivity contribution is 9.10. The Morgan fingerprint density at radius 3 is 2.95 bits per heavy atom. The first-order valence-corrected chi connectivity index (χ1v) is 6.87. The molecule has 1 atom stereocenters. The molecular formula is C11H11BrN6S. The Balaban J connectivity index is 2.23. The molecule has 3 rings (SSSR count). The fourth-order valence-corrected chi connectivity index (χ4v) is 2.82. The molecule has 3 aromatic rings.